The van der Waals surface area contributed by atoms with Gasteiger partial charge in [0.15, 0.2) is 5.60 Å². The zero-order valence-electron chi connectivity index (χ0n) is 15.6. The highest BCUT2D eigenvalue weighted by Gasteiger charge is 2.63. The Balaban J connectivity index is 1.27. The van der Waals surface area contributed by atoms with Gasteiger partial charge in [0.1, 0.15) is 18.1 Å². The minimum Gasteiger partial charge on any atom is -0.490 e. The molecule has 1 aliphatic carbocycles. The first-order chi connectivity index (χ1) is 13.9. The first-order valence-electron chi connectivity index (χ1n) is 9.75. The number of nitrogens with zero attached hydrogens (tertiary/aromatic N) is 1. The van der Waals surface area contributed by atoms with Gasteiger partial charge in [-0.15, -0.1) is 0 Å². The van der Waals surface area contributed by atoms with Gasteiger partial charge in [-0.2, -0.15) is 13.2 Å². The third kappa shape index (κ3) is 3.08. The third-order valence-corrected chi connectivity index (χ3v) is 6.08. The molecule has 1 saturated carbocycles. The maximum Gasteiger partial charge on any atom is 0.416 e. The first kappa shape index (κ1) is 18.5. The van der Waals surface area contributed by atoms with Gasteiger partial charge in [-0.1, -0.05) is 36.4 Å². The Hall–Kier alpha value is -2.54. The summed E-state index contributed by atoms with van der Waals surface area (Å²) in [6.07, 6.45) is -2.62. The number of hydrogen-bond acceptors (Lipinski definition) is 3. The van der Waals surface area contributed by atoms with Crippen LogP contribution in [0.1, 0.15) is 42.9 Å². The lowest BCUT2D eigenvalue weighted by Gasteiger charge is -2.42. The number of hydrogen-bond donors (Lipinski definition) is 0. The van der Waals surface area contributed by atoms with Gasteiger partial charge in [-0.3, -0.25) is 4.79 Å². The number of ether oxygens (including phenoxy) is 2. The second-order valence-corrected chi connectivity index (χ2v) is 7.96. The van der Waals surface area contributed by atoms with Crippen LogP contribution in [0.2, 0.25) is 0 Å². The predicted octanol–water partition coefficient (Wildman–Crippen LogP) is 4.71. The summed E-state index contributed by atoms with van der Waals surface area (Å²) in [6, 6.07) is 14.7. The molecule has 2 atom stereocenters. The molecular weight excluding hydrogens is 383 g/mol. The molecule has 4 nitrogen and oxygen atoms in total. The van der Waals surface area contributed by atoms with Crippen LogP contribution >= 0.6 is 0 Å². The highest BCUT2D eigenvalue weighted by molar-refractivity contribution is 5.89. The lowest BCUT2D eigenvalue weighted by atomic mass is 9.76. The van der Waals surface area contributed by atoms with Gasteiger partial charge in [0, 0.05) is 12.8 Å². The van der Waals surface area contributed by atoms with Crippen molar-refractivity contribution in [2.75, 3.05) is 0 Å². The van der Waals surface area contributed by atoms with E-state index in [9.17, 15) is 18.0 Å². The number of amides is 1. The SMILES string of the molecule is O=C1N2[C@@H](CC[C@H]2c2ccccc2)OC12CC(Oc1cccc(C(F)(F)F)c1)C2. The van der Waals surface area contributed by atoms with Crippen molar-refractivity contribution in [3.05, 3.63) is 65.7 Å². The highest BCUT2D eigenvalue weighted by Crippen LogP contribution is 2.52. The number of carbonyl (C=O) groups is 1. The van der Waals surface area contributed by atoms with Crippen LogP contribution in [0.5, 0.6) is 5.75 Å². The van der Waals surface area contributed by atoms with E-state index in [4.69, 9.17) is 9.47 Å². The number of rotatable bonds is 3. The summed E-state index contributed by atoms with van der Waals surface area (Å²) in [5.41, 5.74) is -0.548. The van der Waals surface area contributed by atoms with E-state index in [2.05, 4.69) is 0 Å². The first-order valence-corrected chi connectivity index (χ1v) is 9.75. The largest absolute Gasteiger partial charge is 0.490 e. The maximum atomic E-state index is 13.2. The van der Waals surface area contributed by atoms with E-state index in [1.54, 1.807) is 0 Å². The molecule has 2 aliphatic heterocycles. The van der Waals surface area contributed by atoms with Crippen molar-refractivity contribution < 1.29 is 27.4 Å². The molecule has 3 fully saturated rings. The molecule has 1 amide bonds. The molecule has 5 rings (SSSR count). The topological polar surface area (TPSA) is 38.8 Å². The summed E-state index contributed by atoms with van der Waals surface area (Å²) in [5, 5.41) is 0. The van der Waals surface area contributed by atoms with E-state index in [1.807, 2.05) is 35.2 Å². The zero-order chi connectivity index (χ0) is 20.2. The molecule has 0 radical (unpaired) electrons. The van der Waals surface area contributed by atoms with Crippen molar-refractivity contribution in [1.29, 1.82) is 0 Å². The van der Waals surface area contributed by atoms with Crippen LogP contribution in [0.3, 0.4) is 0 Å². The summed E-state index contributed by atoms with van der Waals surface area (Å²) < 4.78 is 50.5. The average molecular weight is 403 g/mol. The van der Waals surface area contributed by atoms with Gasteiger partial charge in [0.05, 0.1) is 11.6 Å². The predicted molar refractivity (Wildman–Crippen MR) is 98.0 cm³/mol. The molecule has 2 aromatic carbocycles. The van der Waals surface area contributed by atoms with Gasteiger partial charge in [0.25, 0.3) is 5.91 Å². The smallest absolute Gasteiger partial charge is 0.416 e. The second kappa shape index (κ2) is 6.49. The molecular formula is C22H20F3NO3. The third-order valence-electron chi connectivity index (χ3n) is 6.08. The Labute approximate surface area is 166 Å². The lowest BCUT2D eigenvalue weighted by molar-refractivity contribution is -0.162. The molecule has 0 bridgehead atoms. The van der Waals surface area contributed by atoms with Gasteiger partial charge >= 0.3 is 6.18 Å². The van der Waals surface area contributed by atoms with E-state index < -0.39 is 17.3 Å². The van der Waals surface area contributed by atoms with E-state index in [0.29, 0.717) is 12.8 Å². The summed E-state index contributed by atoms with van der Waals surface area (Å²) in [5.74, 6) is 0.130. The molecule has 29 heavy (non-hydrogen) atoms. The van der Waals surface area contributed by atoms with Gasteiger partial charge < -0.3 is 14.4 Å². The Morgan fingerprint density at radius 2 is 1.79 bits per heavy atom. The van der Waals surface area contributed by atoms with Crippen LogP contribution in [-0.4, -0.2) is 28.7 Å². The van der Waals surface area contributed by atoms with E-state index in [-0.39, 0.29) is 30.0 Å². The van der Waals surface area contributed by atoms with Crippen LogP contribution in [0, 0.1) is 0 Å². The lowest BCUT2D eigenvalue weighted by Crippen LogP contribution is -2.56. The summed E-state index contributed by atoms with van der Waals surface area (Å²) in [6.45, 7) is 0. The standard InChI is InChI=1S/C22H20F3NO3/c23-22(24,25)15-7-4-8-16(11-15)28-17-12-21(13-17)20(27)26-18(9-10-19(26)29-21)14-5-2-1-3-6-14/h1-8,11,17-19H,9-10,12-13H2/t17?,18-,19+,21?/m0/s1. The molecule has 2 aromatic rings. The molecule has 2 heterocycles. The van der Waals surface area contributed by atoms with Crippen molar-refractivity contribution in [2.45, 2.75) is 55.8 Å². The summed E-state index contributed by atoms with van der Waals surface area (Å²) >= 11 is 0. The molecule has 3 aliphatic rings. The number of fused-ring (bicyclic) bond motifs is 1. The fraction of sp³-hybridized carbons (Fsp3) is 0.409. The van der Waals surface area contributed by atoms with Gasteiger partial charge in [-0.25, -0.2) is 0 Å². The van der Waals surface area contributed by atoms with Gasteiger partial charge in [0.2, 0.25) is 0 Å². The van der Waals surface area contributed by atoms with Gasteiger partial charge in [-0.05, 0) is 36.6 Å². The van der Waals surface area contributed by atoms with E-state index >= 15 is 0 Å². The number of alkyl halides is 3. The van der Waals surface area contributed by atoms with Crippen molar-refractivity contribution in [1.82, 2.24) is 4.90 Å². The molecule has 2 saturated heterocycles. The minimum atomic E-state index is -4.41. The molecule has 0 N–H and O–H groups in total. The molecule has 7 heteroatoms. The molecule has 0 aromatic heterocycles. The Morgan fingerprint density at radius 3 is 2.52 bits per heavy atom. The van der Waals surface area contributed by atoms with Crippen molar-refractivity contribution in [3.63, 3.8) is 0 Å². The van der Waals surface area contributed by atoms with Crippen molar-refractivity contribution in [3.8, 4) is 5.75 Å². The quantitative estimate of drug-likeness (QED) is 0.745. The number of carbonyl (C=O) groups excluding carboxylic acids is 1. The Morgan fingerprint density at radius 1 is 1.03 bits per heavy atom. The molecule has 0 unspecified atom stereocenters. The summed E-state index contributed by atoms with van der Waals surface area (Å²) in [4.78, 5) is 15.0. The minimum absolute atomic E-state index is 0.0107. The zero-order valence-corrected chi connectivity index (χ0v) is 15.6. The average Bonchev–Trinajstić information content (AvgIpc) is 3.20. The van der Waals surface area contributed by atoms with Crippen molar-refractivity contribution in [2.24, 2.45) is 0 Å². The Bertz CT molecular complexity index is 924. The Kier molecular flexibility index (Phi) is 4.13. The highest BCUT2D eigenvalue weighted by atomic mass is 19.4. The molecule has 1 spiro atoms. The van der Waals surface area contributed by atoms with Crippen LogP contribution in [0.15, 0.2) is 54.6 Å². The fourth-order valence-electron chi connectivity index (χ4n) is 4.68. The van der Waals surface area contributed by atoms with E-state index in [1.165, 1.54) is 12.1 Å². The maximum absolute atomic E-state index is 13.2. The monoisotopic (exact) mass is 403 g/mol. The molecule has 152 valence electrons. The van der Waals surface area contributed by atoms with Crippen LogP contribution in [0.4, 0.5) is 13.2 Å². The van der Waals surface area contributed by atoms with Crippen LogP contribution < -0.4 is 4.74 Å². The summed E-state index contributed by atoms with van der Waals surface area (Å²) in [7, 11) is 0. The van der Waals surface area contributed by atoms with E-state index in [0.717, 1.165) is 30.5 Å². The normalized spacial score (nSPS) is 31.1. The number of benzene rings is 2. The second-order valence-electron chi connectivity index (χ2n) is 7.96. The van der Waals surface area contributed by atoms with Crippen LogP contribution in [0.25, 0.3) is 0 Å². The number of halogens is 3. The van der Waals surface area contributed by atoms with Crippen molar-refractivity contribution >= 4 is 5.91 Å². The van der Waals surface area contributed by atoms with Crippen LogP contribution in [-0.2, 0) is 15.7 Å². The fourth-order valence-corrected chi connectivity index (χ4v) is 4.68.